The molecular formula is C23H21N5O2. The Hall–Kier alpha value is -4.00. The fourth-order valence-corrected chi connectivity index (χ4v) is 3.14. The van der Waals surface area contributed by atoms with Crippen molar-refractivity contribution in [2.24, 2.45) is 0 Å². The number of hydrogen-bond acceptors (Lipinski definition) is 4. The van der Waals surface area contributed by atoms with E-state index in [1.165, 1.54) is 5.56 Å². The first-order chi connectivity index (χ1) is 14.7. The van der Waals surface area contributed by atoms with Crippen molar-refractivity contribution in [1.82, 2.24) is 19.7 Å². The smallest absolute Gasteiger partial charge is 0.292 e. The molecule has 7 heteroatoms. The van der Waals surface area contributed by atoms with Gasteiger partial charge in [0.15, 0.2) is 5.69 Å². The molecule has 0 aliphatic rings. The summed E-state index contributed by atoms with van der Waals surface area (Å²) in [5.41, 5.74) is 3.50. The second kappa shape index (κ2) is 8.57. The molecule has 150 valence electrons. The maximum Gasteiger partial charge on any atom is 0.292 e. The summed E-state index contributed by atoms with van der Waals surface area (Å²) in [7, 11) is 0. The monoisotopic (exact) mass is 399 g/mol. The number of aromatic nitrogens is 3. The molecule has 0 atom stereocenters. The molecule has 3 heterocycles. The molecule has 4 rings (SSSR count). The highest BCUT2D eigenvalue weighted by molar-refractivity contribution is 6.06. The maximum absolute atomic E-state index is 12.9. The van der Waals surface area contributed by atoms with Gasteiger partial charge in [-0.15, -0.1) is 0 Å². The molecule has 0 radical (unpaired) electrons. The van der Waals surface area contributed by atoms with Crippen molar-refractivity contribution >= 4 is 23.0 Å². The quantitative estimate of drug-likeness (QED) is 0.520. The minimum absolute atomic E-state index is 0.150. The average Bonchev–Trinajstić information content (AvgIpc) is 3.19. The Morgan fingerprint density at radius 1 is 0.967 bits per heavy atom. The number of rotatable bonds is 6. The molecule has 4 aromatic rings. The van der Waals surface area contributed by atoms with E-state index >= 15 is 0 Å². The van der Waals surface area contributed by atoms with E-state index in [1.807, 2.05) is 36.4 Å². The van der Waals surface area contributed by atoms with Crippen molar-refractivity contribution in [1.29, 1.82) is 0 Å². The standard InChI is InChI=1S/C23H21N5O2/c1-2-16-8-10-18(11-9-16)26-23(30)21-27-20(19-7-3-4-13-28(19)21)22(29)25-15-17-6-5-12-24-14-17/h3-14H,2,15H2,1H3,(H,25,29)(H,26,30). The molecule has 2 amide bonds. The van der Waals surface area contributed by atoms with Crippen LogP contribution in [-0.4, -0.2) is 26.2 Å². The Morgan fingerprint density at radius 3 is 2.53 bits per heavy atom. The number of nitrogens with one attached hydrogen (secondary N) is 2. The van der Waals surface area contributed by atoms with Crippen LogP contribution in [0.5, 0.6) is 0 Å². The summed E-state index contributed by atoms with van der Waals surface area (Å²) < 4.78 is 1.62. The zero-order valence-electron chi connectivity index (χ0n) is 16.5. The van der Waals surface area contributed by atoms with Crippen LogP contribution in [-0.2, 0) is 13.0 Å². The molecule has 7 nitrogen and oxygen atoms in total. The highest BCUT2D eigenvalue weighted by Gasteiger charge is 2.21. The van der Waals surface area contributed by atoms with Crippen LogP contribution in [0.25, 0.3) is 5.52 Å². The number of aryl methyl sites for hydroxylation is 1. The van der Waals surface area contributed by atoms with Crippen LogP contribution >= 0.6 is 0 Å². The fraction of sp³-hybridized carbons (Fsp3) is 0.130. The van der Waals surface area contributed by atoms with Crippen LogP contribution in [0.15, 0.2) is 73.2 Å². The lowest BCUT2D eigenvalue weighted by Gasteiger charge is -2.05. The maximum atomic E-state index is 12.9. The molecule has 0 unspecified atom stereocenters. The van der Waals surface area contributed by atoms with Gasteiger partial charge >= 0.3 is 0 Å². The molecule has 3 aromatic heterocycles. The first-order valence-corrected chi connectivity index (χ1v) is 9.70. The molecular weight excluding hydrogens is 378 g/mol. The summed E-state index contributed by atoms with van der Waals surface area (Å²) in [6.07, 6.45) is 6.01. The Morgan fingerprint density at radius 2 is 1.80 bits per heavy atom. The fourth-order valence-electron chi connectivity index (χ4n) is 3.14. The zero-order chi connectivity index (χ0) is 20.9. The number of fused-ring (bicyclic) bond motifs is 1. The topological polar surface area (TPSA) is 88.4 Å². The van der Waals surface area contributed by atoms with Crippen molar-refractivity contribution in [2.45, 2.75) is 19.9 Å². The second-order valence-corrected chi connectivity index (χ2v) is 6.79. The molecule has 0 aliphatic heterocycles. The SMILES string of the molecule is CCc1ccc(NC(=O)c2nc(C(=O)NCc3cccnc3)c3ccccn23)cc1. The second-order valence-electron chi connectivity index (χ2n) is 6.79. The van der Waals surface area contributed by atoms with E-state index in [0.29, 0.717) is 17.7 Å². The normalized spacial score (nSPS) is 10.7. The summed E-state index contributed by atoms with van der Waals surface area (Å²) in [5.74, 6) is -0.586. The van der Waals surface area contributed by atoms with Crippen molar-refractivity contribution in [3.8, 4) is 0 Å². The Balaban J connectivity index is 1.58. The summed E-state index contributed by atoms with van der Waals surface area (Å²) in [6.45, 7) is 2.40. The van der Waals surface area contributed by atoms with Gasteiger partial charge in [-0.05, 0) is 47.9 Å². The van der Waals surface area contributed by atoms with Gasteiger partial charge in [0.2, 0.25) is 5.82 Å². The van der Waals surface area contributed by atoms with E-state index in [-0.39, 0.29) is 23.3 Å². The summed E-state index contributed by atoms with van der Waals surface area (Å²) >= 11 is 0. The lowest BCUT2D eigenvalue weighted by molar-refractivity contribution is 0.0948. The van der Waals surface area contributed by atoms with Crippen LogP contribution in [0.3, 0.4) is 0 Å². The number of amides is 2. The Bertz CT molecular complexity index is 1180. The van der Waals surface area contributed by atoms with Crippen molar-refractivity contribution in [3.63, 3.8) is 0 Å². The highest BCUT2D eigenvalue weighted by atomic mass is 16.2. The molecule has 0 saturated heterocycles. The number of carbonyl (C=O) groups is 2. The minimum atomic E-state index is -0.383. The zero-order valence-corrected chi connectivity index (χ0v) is 16.5. The largest absolute Gasteiger partial charge is 0.346 e. The number of pyridine rings is 2. The molecule has 0 aliphatic carbocycles. The number of benzene rings is 1. The van der Waals surface area contributed by atoms with Crippen LogP contribution in [0.2, 0.25) is 0 Å². The first kappa shape index (κ1) is 19.3. The Labute approximate surface area is 173 Å². The average molecular weight is 399 g/mol. The van der Waals surface area contributed by atoms with Gasteiger partial charge in [0.1, 0.15) is 0 Å². The van der Waals surface area contributed by atoms with E-state index in [1.54, 1.807) is 41.2 Å². The molecule has 1 aromatic carbocycles. The van der Waals surface area contributed by atoms with Gasteiger partial charge in [0, 0.05) is 30.8 Å². The summed E-state index contributed by atoms with van der Waals surface area (Å²) in [5, 5.41) is 5.69. The van der Waals surface area contributed by atoms with Gasteiger partial charge in [-0.25, -0.2) is 4.98 Å². The van der Waals surface area contributed by atoms with Crippen LogP contribution in [0, 0.1) is 0 Å². The third-order valence-corrected chi connectivity index (χ3v) is 4.76. The minimum Gasteiger partial charge on any atom is -0.346 e. The number of hydrogen-bond donors (Lipinski definition) is 2. The summed E-state index contributed by atoms with van der Waals surface area (Å²) in [6, 6.07) is 16.7. The van der Waals surface area contributed by atoms with E-state index in [4.69, 9.17) is 0 Å². The number of carbonyl (C=O) groups excluding carboxylic acids is 2. The molecule has 0 bridgehead atoms. The van der Waals surface area contributed by atoms with Gasteiger partial charge in [0.25, 0.3) is 11.8 Å². The van der Waals surface area contributed by atoms with E-state index in [0.717, 1.165) is 12.0 Å². The molecule has 0 fully saturated rings. The van der Waals surface area contributed by atoms with Crippen molar-refractivity contribution in [2.75, 3.05) is 5.32 Å². The van der Waals surface area contributed by atoms with Gasteiger partial charge in [-0.2, -0.15) is 0 Å². The lowest BCUT2D eigenvalue weighted by atomic mass is 10.1. The highest BCUT2D eigenvalue weighted by Crippen LogP contribution is 2.16. The lowest BCUT2D eigenvalue weighted by Crippen LogP contribution is -2.23. The number of nitrogens with zero attached hydrogens (tertiary/aromatic N) is 3. The first-order valence-electron chi connectivity index (χ1n) is 9.70. The van der Waals surface area contributed by atoms with Gasteiger partial charge in [-0.1, -0.05) is 31.2 Å². The summed E-state index contributed by atoms with van der Waals surface area (Å²) in [4.78, 5) is 34.0. The predicted octanol–water partition coefficient (Wildman–Crippen LogP) is 3.47. The van der Waals surface area contributed by atoms with Gasteiger partial charge < -0.3 is 10.6 Å². The third-order valence-electron chi connectivity index (χ3n) is 4.76. The molecule has 2 N–H and O–H groups in total. The molecule has 0 spiro atoms. The number of anilines is 1. The van der Waals surface area contributed by atoms with E-state index in [2.05, 4.69) is 27.5 Å². The van der Waals surface area contributed by atoms with Crippen LogP contribution < -0.4 is 10.6 Å². The molecule has 0 saturated carbocycles. The van der Waals surface area contributed by atoms with Crippen molar-refractivity contribution in [3.05, 3.63) is 95.8 Å². The van der Waals surface area contributed by atoms with E-state index < -0.39 is 0 Å². The predicted molar refractivity (Wildman–Crippen MR) is 114 cm³/mol. The van der Waals surface area contributed by atoms with Crippen molar-refractivity contribution < 1.29 is 9.59 Å². The van der Waals surface area contributed by atoms with E-state index in [9.17, 15) is 9.59 Å². The third kappa shape index (κ3) is 4.05. The van der Waals surface area contributed by atoms with Crippen LogP contribution in [0.1, 0.15) is 39.2 Å². The van der Waals surface area contributed by atoms with Crippen LogP contribution in [0.4, 0.5) is 5.69 Å². The van der Waals surface area contributed by atoms with Gasteiger partial charge in [0.05, 0.1) is 5.52 Å². The molecule has 30 heavy (non-hydrogen) atoms. The number of imidazole rings is 1. The Kier molecular flexibility index (Phi) is 5.52. The van der Waals surface area contributed by atoms with Gasteiger partial charge in [-0.3, -0.25) is 19.0 Å².